The van der Waals surface area contributed by atoms with Crippen molar-refractivity contribution in [2.45, 2.75) is 38.2 Å². The van der Waals surface area contributed by atoms with Gasteiger partial charge in [0.05, 0.1) is 5.60 Å². The summed E-state index contributed by atoms with van der Waals surface area (Å²) in [6, 6.07) is 10.6. The summed E-state index contributed by atoms with van der Waals surface area (Å²) >= 11 is 0. The van der Waals surface area contributed by atoms with Crippen molar-refractivity contribution < 1.29 is 4.74 Å². The molecule has 1 aromatic rings. The minimum Gasteiger partial charge on any atom is -0.373 e. The van der Waals surface area contributed by atoms with Gasteiger partial charge < -0.3 is 4.74 Å². The van der Waals surface area contributed by atoms with E-state index in [1.54, 1.807) is 0 Å². The molecule has 0 bridgehead atoms. The van der Waals surface area contributed by atoms with Crippen molar-refractivity contribution >= 4 is 0 Å². The summed E-state index contributed by atoms with van der Waals surface area (Å²) < 4.78 is 5.90. The number of hydrogen-bond acceptors (Lipinski definition) is 1. The van der Waals surface area contributed by atoms with Crippen LogP contribution in [0.4, 0.5) is 0 Å². The Hall–Kier alpha value is -1.34. The molecule has 1 aromatic carbocycles. The molecule has 1 atom stereocenters. The van der Waals surface area contributed by atoms with E-state index in [9.17, 15) is 0 Å². The first-order valence-electron chi connectivity index (χ1n) is 6.77. The molecular weight excluding hydrogens is 220 g/mol. The average molecular weight is 242 g/mol. The van der Waals surface area contributed by atoms with Crippen LogP contribution in [-0.2, 0) is 10.3 Å². The standard InChI is InChI=1S/C17H22O/c1-3-17(18-2,16-12-8-5-9-13-16)14-15-10-6-4-7-11-15/h5-6,8-13H,3-4,7,14H2,1-2H3/t17-/m1/s1. The molecule has 2 rings (SSSR count). The number of methoxy groups -OCH3 is 1. The molecule has 96 valence electrons. The van der Waals surface area contributed by atoms with Crippen molar-refractivity contribution in [3.63, 3.8) is 0 Å². The highest BCUT2D eigenvalue weighted by molar-refractivity contribution is 5.30. The second kappa shape index (κ2) is 6.01. The first-order valence-corrected chi connectivity index (χ1v) is 6.77. The molecule has 0 N–H and O–H groups in total. The lowest BCUT2D eigenvalue weighted by atomic mass is 9.83. The van der Waals surface area contributed by atoms with Gasteiger partial charge in [-0.05, 0) is 30.4 Å². The van der Waals surface area contributed by atoms with E-state index < -0.39 is 0 Å². The Morgan fingerprint density at radius 3 is 2.50 bits per heavy atom. The Balaban J connectivity index is 2.27. The first kappa shape index (κ1) is 13.1. The lowest BCUT2D eigenvalue weighted by Crippen LogP contribution is -2.28. The zero-order chi connectivity index (χ0) is 12.8. The van der Waals surface area contributed by atoms with Crippen LogP contribution in [0.25, 0.3) is 0 Å². The van der Waals surface area contributed by atoms with E-state index in [1.165, 1.54) is 17.6 Å². The fraction of sp³-hybridized carbons (Fsp3) is 0.412. The van der Waals surface area contributed by atoms with Gasteiger partial charge in [-0.25, -0.2) is 0 Å². The van der Waals surface area contributed by atoms with E-state index in [4.69, 9.17) is 4.74 Å². The molecule has 0 aliphatic heterocycles. The third-order valence-electron chi connectivity index (χ3n) is 3.82. The van der Waals surface area contributed by atoms with Crippen LogP contribution in [0.3, 0.4) is 0 Å². The van der Waals surface area contributed by atoms with Crippen molar-refractivity contribution in [3.8, 4) is 0 Å². The van der Waals surface area contributed by atoms with Gasteiger partial charge in [-0.15, -0.1) is 0 Å². The molecule has 1 aliphatic carbocycles. The zero-order valence-electron chi connectivity index (χ0n) is 11.4. The predicted octanol–water partition coefficient (Wildman–Crippen LogP) is 4.60. The summed E-state index contributed by atoms with van der Waals surface area (Å²) in [6.45, 7) is 2.20. The van der Waals surface area contributed by atoms with Gasteiger partial charge in [0.1, 0.15) is 0 Å². The smallest absolute Gasteiger partial charge is 0.0964 e. The van der Waals surface area contributed by atoms with Gasteiger partial charge in [0.15, 0.2) is 0 Å². The summed E-state index contributed by atoms with van der Waals surface area (Å²) in [5.74, 6) is 0. The predicted molar refractivity (Wildman–Crippen MR) is 76.5 cm³/mol. The zero-order valence-corrected chi connectivity index (χ0v) is 11.4. The van der Waals surface area contributed by atoms with Crippen LogP contribution >= 0.6 is 0 Å². The number of benzene rings is 1. The normalized spacial score (nSPS) is 18.2. The van der Waals surface area contributed by atoms with Gasteiger partial charge in [-0.1, -0.05) is 55.5 Å². The summed E-state index contributed by atoms with van der Waals surface area (Å²) in [4.78, 5) is 0. The Bertz CT molecular complexity index is 424. The third-order valence-corrected chi connectivity index (χ3v) is 3.82. The lowest BCUT2D eigenvalue weighted by Gasteiger charge is -2.33. The topological polar surface area (TPSA) is 9.23 Å². The molecule has 1 nitrogen and oxygen atoms in total. The Kier molecular flexibility index (Phi) is 4.38. The van der Waals surface area contributed by atoms with Crippen LogP contribution < -0.4 is 0 Å². The number of hydrogen-bond donors (Lipinski definition) is 0. The highest BCUT2D eigenvalue weighted by Gasteiger charge is 2.30. The van der Waals surface area contributed by atoms with E-state index in [1.807, 2.05) is 7.11 Å². The number of ether oxygens (including phenoxy) is 1. The molecule has 0 fully saturated rings. The average Bonchev–Trinajstić information content (AvgIpc) is 2.47. The third kappa shape index (κ3) is 2.73. The van der Waals surface area contributed by atoms with Crippen molar-refractivity contribution in [2.75, 3.05) is 7.11 Å². The number of rotatable bonds is 5. The fourth-order valence-corrected chi connectivity index (χ4v) is 2.64. The van der Waals surface area contributed by atoms with Crippen molar-refractivity contribution in [1.82, 2.24) is 0 Å². The quantitative estimate of drug-likeness (QED) is 0.733. The maximum absolute atomic E-state index is 5.90. The van der Waals surface area contributed by atoms with Crippen molar-refractivity contribution in [2.24, 2.45) is 0 Å². The highest BCUT2D eigenvalue weighted by atomic mass is 16.5. The number of allylic oxidation sites excluding steroid dienone is 3. The summed E-state index contributed by atoms with van der Waals surface area (Å²) in [7, 11) is 1.82. The maximum atomic E-state index is 5.90. The van der Waals surface area contributed by atoms with Crippen molar-refractivity contribution in [1.29, 1.82) is 0 Å². The van der Waals surface area contributed by atoms with Gasteiger partial charge >= 0.3 is 0 Å². The molecule has 0 saturated heterocycles. The molecule has 1 aliphatic rings. The fourth-order valence-electron chi connectivity index (χ4n) is 2.64. The molecule has 0 aromatic heterocycles. The largest absolute Gasteiger partial charge is 0.373 e. The Morgan fingerprint density at radius 1 is 1.17 bits per heavy atom. The maximum Gasteiger partial charge on any atom is 0.0964 e. The summed E-state index contributed by atoms with van der Waals surface area (Å²) in [5.41, 5.74) is 2.48. The second-order valence-electron chi connectivity index (χ2n) is 4.85. The lowest BCUT2D eigenvalue weighted by molar-refractivity contribution is -0.0176. The van der Waals surface area contributed by atoms with Crippen LogP contribution in [0, 0.1) is 0 Å². The van der Waals surface area contributed by atoms with Gasteiger partial charge in [0.2, 0.25) is 0 Å². The van der Waals surface area contributed by atoms with Crippen LogP contribution in [0.5, 0.6) is 0 Å². The molecule has 0 heterocycles. The Morgan fingerprint density at radius 2 is 1.94 bits per heavy atom. The summed E-state index contributed by atoms with van der Waals surface area (Å²) in [5, 5.41) is 0. The minimum absolute atomic E-state index is 0.186. The summed E-state index contributed by atoms with van der Waals surface area (Å²) in [6.07, 6.45) is 11.1. The van der Waals surface area contributed by atoms with Gasteiger partial charge in [0, 0.05) is 13.5 Å². The second-order valence-corrected chi connectivity index (χ2v) is 4.85. The van der Waals surface area contributed by atoms with Gasteiger partial charge in [0.25, 0.3) is 0 Å². The molecule has 0 amide bonds. The van der Waals surface area contributed by atoms with Crippen LogP contribution in [0.15, 0.2) is 54.1 Å². The van der Waals surface area contributed by atoms with Crippen LogP contribution in [-0.4, -0.2) is 7.11 Å². The van der Waals surface area contributed by atoms with E-state index in [0.29, 0.717) is 0 Å². The van der Waals surface area contributed by atoms with E-state index in [-0.39, 0.29) is 5.60 Å². The molecule has 0 radical (unpaired) electrons. The monoisotopic (exact) mass is 242 g/mol. The highest BCUT2D eigenvalue weighted by Crippen LogP contribution is 2.36. The molecule has 0 unspecified atom stereocenters. The van der Waals surface area contributed by atoms with Gasteiger partial charge in [-0.3, -0.25) is 0 Å². The minimum atomic E-state index is -0.186. The van der Waals surface area contributed by atoms with E-state index in [0.717, 1.165) is 19.3 Å². The first-order chi connectivity index (χ1) is 8.80. The SMILES string of the molecule is CC[C@](CC1=CCCC=C1)(OC)c1ccccc1. The Labute approximate surface area is 110 Å². The molecular formula is C17H22O. The van der Waals surface area contributed by atoms with Crippen LogP contribution in [0.1, 0.15) is 38.2 Å². The van der Waals surface area contributed by atoms with Gasteiger partial charge in [-0.2, -0.15) is 0 Å². The molecule has 1 heteroatoms. The van der Waals surface area contributed by atoms with Crippen LogP contribution in [0.2, 0.25) is 0 Å². The van der Waals surface area contributed by atoms with E-state index in [2.05, 4.69) is 55.5 Å². The van der Waals surface area contributed by atoms with Crippen molar-refractivity contribution in [3.05, 3.63) is 59.7 Å². The molecule has 0 spiro atoms. The molecule has 18 heavy (non-hydrogen) atoms. The molecule has 0 saturated carbocycles. The van der Waals surface area contributed by atoms with E-state index >= 15 is 0 Å².